The van der Waals surface area contributed by atoms with Crippen molar-refractivity contribution in [3.8, 4) is 0 Å². The highest BCUT2D eigenvalue weighted by Crippen LogP contribution is 2.20. The maximum absolute atomic E-state index is 4.50. The van der Waals surface area contributed by atoms with Crippen LogP contribution in [-0.2, 0) is 13.0 Å². The zero-order chi connectivity index (χ0) is 14.5. The predicted octanol–water partition coefficient (Wildman–Crippen LogP) is 3.41. The highest BCUT2D eigenvalue weighted by Gasteiger charge is 2.14. The Morgan fingerprint density at radius 1 is 1.20 bits per heavy atom. The van der Waals surface area contributed by atoms with Gasteiger partial charge in [0.25, 0.3) is 0 Å². The maximum atomic E-state index is 4.50. The lowest BCUT2D eigenvalue weighted by atomic mass is 9.98. The van der Waals surface area contributed by atoms with Crippen molar-refractivity contribution in [2.24, 2.45) is 0 Å². The Bertz CT molecular complexity index is 557. The molecule has 1 atom stereocenters. The van der Waals surface area contributed by atoms with Gasteiger partial charge in [-0.3, -0.25) is 0 Å². The van der Waals surface area contributed by atoms with Gasteiger partial charge in [-0.05, 0) is 44.0 Å². The lowest BCUT2D eigenvalue weighted by Gasteiger charge is -2.19. The quantitative estimate of drug-likeness (QED) is 0.872. The standard InChI is InChI=1S/C17H25N3/c1-5-18-16(12-17-19-9-10-20(17)6-2)15-8-7-13(3)14(4)11-15/h7-11,16,18H,5-6,12H2,1-4H3. The first kappa shape index (κ1) is 14.8. The third-order valence-corrected chi connectivity index (χ3v) is 3.91. The molecule has 0 aliphatic heterocycles. The third-order valence-electron chi connectivity index (χ3n) is 3.91. The molecule has 3 nitrogen and oxygen atoms in total. The molecule has 0 amide bonds. The first-order valence-electron chi connectivity index (χ1n) is 7.46. The van der Waals surface area contributed by atoms with Crippen molar-refractivity contribution in [2.45, 2.75) is 46.7 Å². The molecular formula is C17H25N3. The average Bonchev–Trinajstić information content (AvgIpc) is 2.88. The second-order valence-corrected chi connectivity index (χ2v) is 5.29. The van der Waals surface area contributed by atoms with Crippen LogP contribution < -0.4 is 5.32 Å². The van der Waals surface area contributed by atoms with E-state index in [0.717, 1.165) is 25.3 Å². The molecule has 20 heavy (non-hydrogen) atoms. The number of likely N-dealkylation sites (N-methyl/N-ethyl adjacent to an activating group) is 1. The summed E-state index contributed by atoms with van der Waals surface area (Å²) in [5, 5.41) is 3.58. The van der Waals surface area contributed by atoms with Gasteiger partial charge in [-0.1, -0.05) is 25.1 Å². The van der Waals surface area contributed by atoms with Crippen molar-refractivity contribution >= 4 is 0 Å². The summed E-state index contributed by atoms with van der Waals surface area (Å²) in [6.45, 7) is 10.6. The number of hydrogen-bond donors (Lipinski definition) is 1. The number of hydrogen-bond acceptors (Lipinski definition) is 2. The number of nitrogens with one attached hydrogen (secondary N) is 1. The second kappa shape index (κ2) is 6.71. The molecule has 2 aromatic rings. The van der Waals surface area contributed by atoms with Gasteiger partial charge in [0, 0.05) is 31.4 Å². The smallest absolute Gasteiger partial charge is 0.110 e. The molecule has 0 bridgehead atoms. The zero-order valence-electron chi connectivity index (χ0n) is 13.0. The molecule has 0 spiro atoms. The number of aromatic nitrogens is 2. The first-order valence-corrected chi connectivity index (χ1v) is 7.46. The second-order valence-electron chi connectivity index (χ2n) is 5.29. The minimum atomic E-state index is 0.326. The Morgan fingerprint density at radius 2 is 2.00 bits per heavy atom. The van der Waals surface area contributed by atoms with Crippen LogP contribution in [0.2, 0.25) is 0 Å². The van der Waals surface area contributed by atoms with Gasteiger partial charge in [-0.2, -0.15) is 0 Å². The van der Waals surface area contributed by atoms with Crippen LogP contribution in [0.1, 0.15) is 42.4 Å². The van der Waals surface area contributed by atoms with E-state index < -0.39 is 0 Å². The largest absolute Gasteiger partial charge is 0.335 e. The number of nitrogens with zero attached hydrogens (tertiary/aromatic N) is 2. The van der Waals surface area contributed by atoms with Crippen molar-refractivity contribution in [1.82, 2.24) is 14.9 Å². The van der Waals surface area contributed by atoms with Crippen molar-refractivity contribution in [1.29, 1.82) is 0 Å². The highest BCUT2D eigenvalue weighted by atomic mass is 15.1. The van der Waals surface area contributed by atoms with Gasteiger partial charge < -0.3 is 9.88 Å². The maximum Gasteiger partial charge on any atom is 0.110 e. The molecule has 0 fully saturated rings. The molecule has 0 aliphatic carbocycles. The Hall–Kier alpha value is -1.61. The number of aryl methyl sites for hydroxylation is 3. The summed E-state index contributed by atoms with van der Waals surface area (Å²) in [4.78, 5) is 4.50. The Morgan fingerprint density at radius 3 is 2.65 bits per heavy atom. The molecule has 0 radical (unpaired) electrons. The van der Waals surface area contributed by atoms with Gasteiger partial charge in [0.15, 0.2) is 0 Å². The van der Waals surface area contributed by atoms with E-state index in [1.54, 1.807) is 0 Å². The van der Waals surface area contributed by atoms with Crippen LogP contribution in [0.3, 0.4) is 0 Å². The lowest BCUT2D eigenvalue weighted by molar-refractivity contribution is 0.522. The summed E-state index contributed by atoms with van der Waals surface area (Å²) in [6.07, 6.45) is 4.87. The summed E-state index contributed by atoms with van der Waals surface area (Å²) < 4.78 is 2.21. The summed E-state index contributed by atoms with van der Waals surface area (Å²) >= 11 is 0. The summed E-state index contributed by atoms with van der Waals surface area (Å²) in [5.74, 6) is 1.15. The van der Waals surface area contributed by atoms with E-state index in [9.17, 15) is 0 Å². The molecule has 0 saturated carbocycles. The molecule has 0 saturated heterocycles. The summed E-state index contributed by atoms with van der Waals surface area (Å²) in [7, 11) is 0. The van der Waals surface area contributed by atoms with E-state index in [0.29, 0.717) is 6.04 Å². The minimum Gasteiger partial charge on any atom is -0.335 e. The van der Waals surface area contributed by atoms with Gasteiger partial charge in [0.05, 0.1) is 0 Å². The van der Waals surface area contributed by atoms with E-state index in [2.05, 4.69) is 67.0 Å². The normalized spacial score (nSPS) is 12.6. The van der Waals surface area contributed by atoms with E-state index in [4.69, 9.17) is 0 Å². The van der Waals surface area contributed by atoms with Crippen LogP contribution in [0.5, 0.6) is 0 Å². The molecule has 1 aromatic carbocycles. The van der Waals surface area contributed by atoms with Crippen LogP contribution in [0.25, 0.3) is 0 Å². The topological polar surface area (TPSA) is 29.9 Å². The van der Waals surface area contributed by atoms with Crippen molar-refractivity contribution in [3.05, 3.63) is 53.1 Å². The summed E-state index contributed by atoms with van der Waals surface area (Å²) in [6, 6.07) is 7.06. The van der Waals surface area contributed by atoms with Crippen LogP contribution in [0.4, 0.5) is 0 Å². The zero-order valence-corrected chi connectivity index (χ0v) is 13.0. The summed E-state index contributed by atoms with van der Waals surface area (Å²) in [5.41, 5.74) is 4.05. The van der Waals surface area contributed by atoms with Crippen molar-refractivity contribution < 1.29 is 0 Å². The molecule has 3 heteroatoms. The Labute approximate surface area is 122 Å². The average molecular weight is 271 g/mol. The Kier molecular flexibility index (Phi) is 4.96. The monoisotopic (exact) mass is 271 g/mol. The third kappa shape index (κ3) is 3.28. The minimum absolute atomic E-state index is 0.326. The SMILES string of the molecule is CCNC(Cc1nccn1CC)c1ccc(C)c(C)c1. The number of rotatable bonds is 6. The fourth-order valence-electron chi connectivity index (χ4n) is 2.54. The molecular weight excluding hydrogens is 246 g/mol. The Balaban J connectivity index is 2.24. The number of imidazole rings is 1. The van der Waals surface area contributed by atoms with Crippen LogP contribution in [0.15, 0.2) is 30.6 Å². The molecule has 2 rings (SSSR count). The van der Waals surface area contributed by atoms with E-state index in [1.165, 1.54) is 16.7 Å². The van der Waals surface area contributed by atoms with E-state index in [-0.39, 0.29) is 0 Å². The van der Waals surface area contributed by atoms with Crippen LogP contribution >= 0.6 is 0 Å². The van der Waals surface area contributed by atoms with Crippen LogP contribution in [0, 0.1) is 13.8 Å². The van der Waals surface area contributed by atoms with E-state index in [1.807, 2.05) is 6.20 Å². The molecule has 1 N–H and O–H groups in total. The molecule has 0 aliphatic rings. The molecule has 108 valence electrons. The molecule has 1 heterocycles. The van der Waals surface area contributed by atoms with Crippen molar-refractivity contribution in [2.75, 3.05) is 6.54 Å². The van der Waals surface area contributed by atoms with Crippen LogP contribution in [-0.4, -0.2) is 16.1 Å². The highest BCUT2D eigenvalue weighted by molar-refractivity contribution is 5.32. The lowest BCUT2D eigenvalue weighted by Crippen LogP contribution is -2.24. The van der Waals surface area contributed by atoms with Gasteiger partial charge >= 0.3 is 0 Å². The van der Waals surface area contributed by atoms with Gasteiger partial charge in [-0.15, -0.1) is 0 Å². The van der Waals surface area contributed by atoms with Gasteiger partial charge in [0.2, 0.25) is 0 Å². The van der Waals surface area contributed by atoms with Gasteiger partial charge in [0.1, 0.15) is 5.82 Å². The predicted molar refractivity (Wildman–Crippen MR) is 83.9 cm³/mol. The van der Waals surface area contributed by atoms with E-state index >= 15 is 0 Å². The number of benzene rings is 1. The molecule has 1 unspecified atom stereocenters. The first-order chi connectivity index (χ1) is 9.65. The van der Waals surface area contributed by atoms with Crippen molar-refractivity contribution in [3.63, 3.8) is 0 Å². The fourth-order valence-corrected chi connectivity index (χ4v) is 2.54. The van der Waals surface area contributed by atoms with Gasteiger partial charge in [-0.25, -0.2) is 4.98 Å². The molecule has 1 aromatic heterocycles. The fraction of sp³-hybridized carbons (Fsp3) is 0.471.